The Balaban J connectivity index is 1.48. The monoisotopic (exact) mass is 361 g/mol. The lowest BCUT2D eigenvalue weighted by Gasteiger charge is -2.27. The highest BCUT2D eigenvalue weighted by Crippen LogP contribution is 2.38. The number of ether oxygens (including phenoxy) is 1. The van der Waals surface area contributed by atoms with Crippen molar-refractivity contribution in [2.45, 2.75) is 37.7 Å². The first kappa shape index (κ1) is 17.5. The summed E-state index contributed by atoms with van der Waals surface area (Å²) in [7, 11) is 0. The average Bonchev–Trinajstić information content (AvgIpc) is 2.71. The van der Waals surface area contributed by atoms with Crippen LogP contribution in [0.25, 0.3) is 0 Å². The summed E-state index contributed by atoms with van der Waals surface area (Å²) in [6, 6.07) is 17.5. The Bertz CT molecular complexity index is 868. The van der Waals surface area contributed by atoms with Gasteiger partial charge in [0.25, 0.3) is 0 Å². The van der Waals surface area contributed by atoms with Crippen molar-refractivity contribution < 1.29 is 9.84 Å². The topological polar surface area (TPSA) is 67.3 Å². The molecule has 2 atom stereocenters. The smallest absolute Gasteiger partial charge is 0.222 e. The quantitative estimate of drug-likeness (QED) is 0.667. The maximum absolute atomic E-state index is 10.00. The lowest BCUT2D eigenvalue weighted by Crippen LogP contribution is -2.18. The summed E-state index contributed by atoms with van der Waals surface area (Å²) in [5, 5.41) is 13.3. The first-order valence-electron chi connectivity index (χ1n) is 9.37. The molecule has 0 saturated heterocycles. The average molecular weight is 361 g/mol. The van der Waals surface area contributed by atoms with Gasteiger partial charge in [-0.3, -0.25) is 0 Å². The molecule has 2 N–H and O–H groups in total. The van der Waals surface area contributed by atoms with Gasteiger partial charge in [-0.15, -0.1) is 0 Å². The number of aliphatic hydroxyl groups excluding tert-OH is 1. The molecule has 2 heterocycles. The molecular weight excluding hydrogens is 338 g/mol. The molecule has 0 radical (unpaired) electrons. The van der Waals surface area contributed by atoms with Crippen LogP contribution in [0.5, 0.6) is 11.6 Å². The van der Waals surface area contributed by atoms with Crippen molar-refractivity contribution in [1.29, 1.82) is 0 Å². The normalized spacial score (nSPS) is 19.4. The summed E-state index contributed by atoms with van der Waals surface area (Å²) in [5.41, 5.74) is 2.02. The van der Waals surface area contributed by atoms with Gasteiger partial charge in [-0.2, -0.15) is 0 Å². The zero-order chi connectivity index (χ0) is 18.5. The van der Waals surface area contributed by atoms with Crippen LogP contribution in [0.4, 0.5) is 11.5 Å². The number of pyridine rings is 2. The minimum atomic E-state index is -0.228. The van der Waals surface area contributed by atoms with E-state index in [4.69, 9.17) is 4.74 Å². The Hall–Kier alpha value is -2.92. The highest BCUT2D eigenvalue weighted by atomic mass is 16.5. The van der Waals surface area contributed by atoms with Crippen LogP contribution in [0, 0.1) is 0 Å². The van der Waals surface area contributed by atoms with Gasteiger partial charge in [0.05, 0.1) is 6.10 Å². The Morgan fingerprint density at radius 1 is 0.926 bits per heavy atom. The number of aromatic nitrogens is 2. The molecule has 0 spiro atoms. The molecule has 1 aliphatic rings. The van der Waals surface area contributed by atoms with Gasteiger partial charge >= 0.3 is 0 Å². The number of rotatable bonds is 5. The zero-order valence-electron chi connectivity index (χ0n) is 15.1. The molecule has 2 aromatic heterocycles. The van der Waals surface area contributed by atoms with Gasteiger partial charge in [-0.1, -0.05) is 18.6 Å². The second-order valence-corrected chi connectivity index (χ2v) is 6.88. The standard InChI is InChI=1S/C22H23N3O2/c26-18-6-3-5-16(15-18)20-7-4-14-24-22(20)27-19-11-9-17(10-12-19)25-21-8-1-2-13-23-21/h1-2,4,7-14,16,18,26H,3,5-6,15H2,(H,23,25). The SMILES string of the molecule is OC1CCCC(c2cccnc2Oc2ccc(Nc3ccccn3)cc2)C1. The van der Waals surface area contributed by atoms with E-state index in [-0.39, 0.29) is 6.10 Å². The van der Waals surface area contributed by atoms with Gasteiger partial charge in [-0.05, 0) is 67.6 Å². The number of nitrogens with one attached hydrogen (secondary N) is 1. The molecule has 5 nitrogen and oxygen atoms in total. The molecule has 1 aliphatic carbocycles. The molecule has 138 valence electrons. The van der Waals surface area contributed by atoms with Gasteiger partial charge < -0.3 is 15.2 Å². The fraction of sp³-hybridized carbons (Fsp3) is 0.273. The first-order valence-corrected chi connectivity index (χ1v) is 9.37. The molecule has 1 aromatic carbocycles. The second-order valence-electron chi connectivity index (χ2n) is 6.88. The molecule has 5 heteroatoms. The minimum absolute atomic E-state index is 0.228. The first-order chi connectivity index (χ1) is 13.3. The van der Waals surface area contributed by atoms with E-state index in [1.165, 1.54) is 0 Å². The molecule has 0 bridgehead atoms. The maximum atomic E-state index is 10.00. The maximum Gasteiger partial charge on any atom is 0.222 e. The van der Waals surface area contributed by atoms with E-state index in [1.54, 1.807) is 12.4 Å². The third-order valence-corrected chi connectivity index (χ3v) is 4.89. The summed E-state index contributed by atoms with van der Waals surface area (Å²) >= 11 is 0. The van der Waals surface area contributed by atoms with Crippen molar-refractivity contribution in [3.05, 3.63) is 72.6 Å². The highest BCUT2D eigenvalue weighted by Gasteiger charge is 2.24. The molecule has 1 fully saturated rings. The van der Waals surface area contributed by atoms with Crippen molar-refractivity contribution in [2.75, 3.05) is 5.32 Å². The van der Waals surface area contributed by atoms with Gasteiger partial charge in [0.2, 0.25) is 5.88 Å². The van der Waals surface area contributed by atoms with Crippen molar-refractivity contribution in [2.24, 2.45) is 0 Å². The van der Waals surface area contributed by atoms with Gasteiger partial charge in [0.1, 0.15) is 11.6 Å². The predicted molar refractivity (Wildman–Crippen MR) is 105 cm³/mol. The van der Waals surface area contributed by atoms with E-state index in [1.807, 2.05) is 48.5 Å². The Kier molecular flexibility index (Phi) is 5.30. The molecule has 3 aromatic rings. The van der Waals surface area contributed by atoms with Crippen LogP contribution in [0.2, 0.25) is 0 Å². The molecule has 4 rings (SSSR count). The Morgan fingerprint density at radius 3 is 2.56 bits per heavy atom. The Morgan fingerprint density at radius 2 is 1.78 bits per heavy atom. The van der Waals surface area contributed by atoms with E-state index >= 15 is 0 Å². The fourth-order valence-corrected chi connectivity index (χ4v) is 3.55. The fourth-order valence-electron chi connectivity index (χ4n) is 3.55. The second kappa shape index (κ2) is 8.18. The summed E-state index contributed by atoms with van der Waals surface area (Å²) in [6.45, 7) is 0. The van der Waals surface area contributed by atoms with Crippen molar-refractivity contribution in [3.8, 4) is 11.6 Å². The van der Waals surface area contributed by atoms with Crippen LogP contribution < -0.4 is 10.1 Å². The van der Waals surface area contributed by atoms with Crippen LogP contribution in [0.15, 0.2) is 67.0 Å². The van der Waals surface area contributed by atoms with E-state index in [2.05, 4.69) is 21.4 Å². The minimum Gasteiger partial charge on any atom is -0.439 e. The molecule has 27 heavy (non-hydrogen) atoms. The van der Waals surface area contributed by atoms with E-state index in [0.717, 1.165) is 48.5 Å². The number of hydrogen-bond donors (Lipinski definition) is 2. The summed E-state index contributed by atoms with van der Waals surface area (Å²) < 4.78 is 6.07. The van der Waals surface area contributed by atoms with Crippen molar-refractivity contribution >= 4 is 11.5 Å². The predicted octanol–water partition coefficient (Wildman–Crippen LogP) is 5.03. The van der Waals surface area contributed by atoms with Gasteiger partial charge in [0.15, 0.2) is 0 Å². The molecule has 1 saturated carbocycles. The zero-order valence-corrected chi connectivity index (χ0v) is 15.1. The van der Waals surface area contributed by atoms with Crippen LogP contribution in [-0.2, 0) is 0 Å². The summed E-state index contributed by atoms with van der Waals surface area (Å²) in [5.74, 6) is 2.46. The van der Waals surface area contributed by atoms with Crippen LogP contribution >= 0.6 is 0 Å². The van der Waals surface area contributed by atoms with E-state index in [0.29, 0.717) is 11.8 Å². The summed E-state index contributed by atoms with van der Waals surface area (Å²) in [4.78, 5) is 8.70. The largest absolute Gasteiger partial charge is 0.439 e. The van der Waals surface area contributed by atoms with Crippen LogP contribution in [0.3, 0.4) is 0 Å². The van der Waals surface area contributed by atoms with Crippen LogP contribution in [-0.4, -0.2) is 21.2 Å². The number of hydrogen-bond acceptors (Lipinski definition) is 5. The van der Waals surface area contributed by atoms with E-state index in [9.17, 15) is 5.11 Å². The molecule has 0 aliphatic heterocycles. The van der Waals surface area contributed by atoms with E-state index < -0.39 is 0 Å². The number of anilines is 2. The third kappa shape index (κ3) is 4.44. The van der Waals surface area contributed by atoms with Gasteiger partial charge in [0, 0.05) is 23.6 Å². The molecule has 0 amide bonds. The molecular formula is C22H23N3O2. The number of aliphatic hydroxyl groups is 1. The highest BCUT2D eigenvalue weighted by molar-refractivity contribution is 5.57. The lowest BCUT2D eigenvalue weighted by molar-refractivity contribution is 0.119. The number of benzene rings is 1. The third-order valence-electron chi connectivity index (χ3n) is 4.89. The van der Waals surface area contributed by atoms with Crippen LogP contribution in [0.1, 0.15) is 37.2 Å². The summed E-state index contributed by atoms with van der Waals surface area (Å²) in [6.07, 6.45) is 7.03. The van der Waals surface area contributed by atoms with Crippen molar-refractivity contribution in [1.82, 2.24) is 9.97 Å². The Labute approximate surface area is 159 Å². The van der Waals surface area contributed by atoms with Crippen molar-refractivity contribution in [3.63, 3.8) is 0 Å². The molecule has 2 unspecified atom stereocenters. The number of nitrogens with zero attached hydrogens (tertiary/aromatic N) is 2. The lowest BCUT2D eigenvalue weighted by atomic mass is 9.83. The van der Waals surface area contributed by atoms with Gasteiger partial charge in [-0.25, -0.2) is 9.97 Å².